The highest BCUT2D eigenvalue weighted by Gasteiger charge is 2.59. The molecule has 0 aromatic carbocycles. The zero-order valence-corrected chi connectivity index (χ0v) is 18.4. The van der Waals surface area contributed by atoms with E-state index in [2.05, 4.69) is 26.8 Å². The van der Waals surface area contributed by atoms with Crippen molar-refractivity contribution < 1.29 is 14.6 Å². The van der Waals surface area contributed by atoms with Crippen LogP contribution in [0.5, 0.6) is 0 Å². The largest absolute Gasteiger partial charge is 0.469 e. The molecular weight excluding hydrogens is 348 g/mol. The van der Waals surface area contributed by atoms with Gasteiger partial charge in [-0.25, -0.2) is 0 Å². The Morgan fingerprint density at radius 2 is 2.00 bits per heavy atom. The first kappa shape index (κ1) is 20.4. The quantitative estimate of drug-likeness (QED) is 0.510. The monoisotopic (exact) mass is 388 g/mol. The molecule has 0 saturated heterocycles. The molecule has 4 aliphatic carbocycles. The van der Waals surface area contributed by atoms with Crippen LogP contribution in [0.1, 0.15) is 85.0 Å². The van der Waals surface area contributed by atoms with E-state index in [0.29, 0.717) is 23.2 Å². The fourth-order valence-corrected chi connectivity index (χ4v) is 8.27. The number of hydrogen-bond donors (Lipinski definition) is 1. The average molecular weight is 389 g/mol. The second kappa shape index (κ2) is 7.45. The molecular formula is C25H40O3. The van der Waals surface area contributed by atoms with Gasteiger partial charge in [0.15, 0.2) is 0 Å². The summed E-state index contributed by atoms with van der Waals surface area (Å²) < 4.78 is 4.87. The van der Waals surface area contributed by atoms with Crippen LogP contribution in [0.15, 0.2) is 11.6 Å². The molecule has 0 amide bonds. The molecule has 3 saturated carbocycles. The van der Waals surface area contributed by atoms with E-state index in [-0.39, 0.29) is 12.1 Å². The SMILES string of the molecule is COC(=O)CC[C@@H](C)[C@H]1CC[C@H]2[C@H]3CC=C4CC(O)CC[C@]4(C)[C@H]3CC[C@]12C. The lowest BCUT2D eigenvalue weighted by molar-refractivity contribution is -0.141. The third-order valence-corrected chi connectivity index (χ3v) is 9.87. The van der Waals surface area contributed by atoms with E-state index in [1.165, 1.54) is 45.6 Å². The van der Waals surface area contributed by atoms with Crippen LogP contribution in [-0.2, 0) is 9.53 Å². The van der Waals surface area contributed by atoms with Gasteiger partial charge in [0.05, 0.1) is 13.2 Å². The molecule has 4 aliphatic rings. The van der Waals surface area contributed by atoms with Crippen molar-refractivity contribution in [2.45, 2.75) is 91.1 Å². The number of ether oxygens (including phenoxy) is 1. The first-order chi connectivity index (χ1) is 13.3. The standard InChI is InChI=1S/C25H40O3/c1-16(5-10-23(27)28-4)20-8-9-21-19-7-6-17-15-18(26)11-13-24(17,2)22(19)12-14-25(20,21)3/h6,16,18-22,26H,5,7-15H2,1-4H3/t16-,18?,19-,20-,21+,22+,24+,25-/m1/s1. The fourth-order valence-electron chi connectivity index (χ4n) is 8.27. The first-order valence-electron chi connectivity index (χ1n) is 11.7. The van der Waals surface area contributed by atoms with Crippen molar-refractivity contribution >= 4 is 5.97 Å². The molecule has 28 heavy (non-hydrogen) atoms. The summed E-state index contributed by atoms with van der Waals surface area (Å²) in [5, 5.41) is 10.2. The Kier molecular flexibility index (Phi) is 5.44. The Balaban J connectivity index is 1.51. The number of hydrogen-bond acceptors (Lipinski definition) is 3. The van der Waals surface area contributed by atoms with E-state index >= 15 is 0 Å². The maximum atomic E-state index is 11.6. The van der Waals surface area contributed by atoms with E-state index in [1.807, 2.05) is 0 Å². The van der Waals surface area contributed by atoms with Crippen LogP contribution < -0.4 is 0 Å². The summed E-state index contributed by atoms with van der Waals surface area (Å²) in [6.07, 6.45) is 13.6. The molecule has 3 heteroatoms. The van der Waals surface area contributed by atoms with Gasteiger partial charge < -0.3 is 9.84 Å². The Labute approximate surface area is 171 Å². The minimum atomic E-state index is -0.115. The second-order valence-corrected chi connectivity index (χ2v) is 11.0. The summed E-state index contributed by atoms with van der Waals surface area (Å²) in [6, 6.07) is 0. The van der Waals surface area contributed by atoms with Crippen LogP contribution in [0, 0.1) is 40.4 Å². The van der Waals surface area contributed by atoms with E-state index in [1.54, 1.807) is 5.57 Å². The summed E-state index contributed by atoms with van der Waals surface area (Å²) in [5.41, 5.74) is 2.34. The number of methoxy groups -OCH3 is 1. The maximum absolute atomic E-state index is 11.6. The van der Waals surface area contributed by atoms with Crippen molar-refractivity contribution in [3.8, 4) is 0 Å². The molecule has 0 radical (unpaired) electrons. The minimum Gasteiger partial charge on any atom is -0.469 e. The third kappa shape index (κ3) is 3.16. The molecule has 3 nitrogen and oxygen atoms in total. The van der Waals surface area contributed by atoms with Crippen molar-refractivity contribution in [1.82, 2.24) is 0 Å². The summed E-state index contributed by atoms with van der Waals surface area (Å²) >= 11 is 0. The highest BCUT2D eigenvalue weighted by Crippen LogP contribution is 2.67. The van der Waals surface area contributed by atoms with Gasteiger partial charge in [-0.3, -0.25) is 4.79 Å². The molecule has 3 fully saturated rings. The lowest BCUT2D eigenvalue weighted by atomic mass is 9.47. The van der Waals surface area contributed by atoms with Crippen molar-refractivity contribution in [3.63, 3.8) is 0 Å². The number of fused-ring (bicyclic) bond motifs is 5. The normalized spacial score (nSPS) is 46.0. The van der Waals surface area contributed by atoms with Gasteiger partial charge in [0.25, 0.3) is 0 Å². The van der Waals surface area contributed by atoms with Crippen LogP contribution in [0.25, 0.3) is 0 Å². The number of aliphatic hydroxyl groups excluding tert-OH is 1. The van der Waals surface area contributed by atoms with Gasteiger partial charge in [0.2, 0.25) is 0 Å². The zero-order valence-electron chi connectivity index (χ0n) is 18.4. The molecule has 4 rings (SSSR count). The third-order valence-electron chi connectivity index (χ3n) is 9.87. The molecule has 158 valence electrons. The number of carbonyl (C=O) groups is 1. The second-order valence-electron chi connectivity index (χ2n) is 11.0. The van der Waals surface area contributed by atoms with Crippen molar-refractivity contribution in [1.29, 1.82) is 0 Å². The molecule has 0 aromatic rings. The number of carbonyl (C=O) groups excluding carboxylic acids is 1. The molecule has 0 heterocycles. The predicted molar refractivity (Wildman–Crippen MR) is 112 cm³/mol. The first-order valence-corrected chi connectivity index (χ1v) is 11.7. The van der Waals surface area contributed by atoms with Gasteiger partial charge in [-0.2, -0.15) is 0 Å². The van der Waals surface area contributed by atoms with Gasteiger partial charge in [0, 0.05) is 6.42 Å². The van der Waals surface area contributed by atoms with E-state index in [0.717, 1.165) is 42.9 Å². The van der Waals surface area contributed by atoms with Gasteiger partial charge in [-0.05, 0) is 98.2 Å². The Hall–Kier alpha value is -0.830. The summed E-state index contributed by atoms with van der Waals surface area (Å²) in [4.78, 5) is 11.6. The summed E-state index contributed by atoms with van der Waals surface area (Å²) in [7, 11) is 1.50. The molecule has 8 atom stereocenters. The highest BCUT2D eigenvalue weighted by atomic mass is 16.5. The Morgan fingerprint density at radius 3 is 2.75 bits per heavy atom. The summed E-state index contributed by atoms with van der Waals surface area (Å²) in [6.45, 7) is 7.46. The molecule has 0 bridgehead atoms. The number of rotatable bonds is 4. The number of allylic oxidation sites excluding steroid dienone is 1. The molecule has 0 spiro atoms. The van der Waals surface area contributed by atoms with E-state index < -0.39 is 0 Å². The molecule has 1 unspecified atom stereocenters. The minimum absolute atomic E-state index is 0.0624. The Morgan fingerprint density at radius 1 is 1.21 bits per heavy atom. The van der Waals surface area contributed by atoms with Crippen LogP contribution in [0.2, 0.25) is 0 Å². The van der Waals surface area contributed by atoms with Gasteiger partial charge in [-0.1, -0.05) is 32.4 Å². The topological polar surface area (TPSA) is 46.5 Å². The lowest BCUT2D eigenvalue weighted by Gasteiger charge is -2.58. The molecule has 0 aromatic heterocycles. The van der Waals surface area contributed by atoms with Gasteiger partial charge in [0.1, 0.15) is 0 Å². The van der Waals surface area contributed by atoms with Crippen molar-refractivity contribution in [2.24, 2.45) is 40.4 Å². The van der Waals surface area contributed by atoms with Crippen molar-refractivity contribution in [2.75, 3.05) is 7.11 Å². The number of aliphatic hydroxyl groups is 1. The van der Waals surface area contributed by atoms with Crippen LogP contribution in [-0.4, -0.2) is 24.3 Å². The Bertz CT molecular complexity index is 640. The lowest BCUT2D eigenvalue weighted by Crippen LogP contribution is -2.50. The van der Waals surface area contributed by atoms with Crippen LogP contribution in [0.3, 0.4) is 0 Å². The molecule has 1 N–H and O–H groups in total. The zero-order chi connectivity index (χ0) is 20.1. The van der Waals surface area contributed by atoms with E-state index in [9.17, 15) is 9.90 Å². The van der Waals surface area contributed by atoms with Gasteiger partial charge >= 0.3 is 5.97 Å². The predicted octanol–water partition coefficient (Wildman–Crippen LogP) is 5.52. The fraction of sp³-hybridized carbons (Fsp3) is 0.880. The van der Waals surface area contributed by atoms with Crippen LogP contribution >= 0.6 is 0 Å². The maximum Gasteiger partial charge on any atom is 0.305 e. The average Bonchev–Trinajstić information content (AvgIpc) is 3.03. The summed E-state index contributed by atoms with van der Waals surface area (Å²) in [5.74, 6) is 3.74. The number of esters is 1. The van der Waals surface area contributed by atoms with Crippen LogP contribution in [0.4, 0.5) is 0 Å². The van der Waals surface area contributed by atoms with Gasteiger partial charge in [-0.15, -0.1) is 0 Å². The van der Waals surface area contributed by atoms with E-state index in [4.69, 9.17) is 4.74 Å². The molecule has 0 aliphatic heterocycles. The van der Waals surface area contributed by atoms with Crippen molar-refractivity contribution in [3.05, 3.63) is 11.6 Å². The highest BCUT2D eigenvalue weighted by molar-refractivity contribution is 5.69. The smallest absolute Gasteiger partial charge is 0.305 e.